The molecule has 29 heavy (non-hydrogen) atoms. The van der Waals surface area contributed by atoms with Crippen LogP contribution >= 0.6 is 12.6 Å². The first-order valence-corrected chi connectivity index (χ1v) is 10.4. The van der Waals surface area contributed by atoms with E-state index in [2.05, 4.69) is 90.6 Å². The third-order valence-electron chi connectivity index (χ3n) is 4.18. The lowest BCUT2D eigenvalue weighted by Crippen LogP contribution is -2.22. The summed E-state index contributed by atoms with van der Waals surface area (Å²) in [7, 11) is 0. The Morgan fingerprint density at radius 2 is 0.966 bits per heavy atom. The van der Waals surface area contributed by atoms with E-state index in [9.17, 15) is 0 Å². The van der Waals surface area contributed by atoms with Crippen molar-refractivity contribution in [3.8, 4) is 33.8 Å². The molecule has 0 aliphatic rings. The van der Waals surface area contributed by atoms with E-state index in [0.717, 1.165) is 38.6 Å². The van der Waals surface area contributed by atoms with Crippen LogP contribution in [-0.2, 0) is 0 Å². The SMILES string of the molecule is CC(C)(C)Oc1ccc(-c2ccc(S)cc2-c2ccc(OC(C)(C)C)cc2)cc1. The highest BCUT2D eigenvalue weighted by Gasteiger charge is 2.14. The van der Waals surface area contributed by atoms with E-state index in [0.29, 0.717) is 0 Å². The second-order valence-electron chi connectivity index (χ2n) is 9.21. The molecule has 152 valence electrons. The molecule has 3 rings (SSSR count). The zero-order valence-corrected chi connectivity index (χ0v) is 19.0. The van der Waals surface area contributed by atoms with Gasteiger partial charge in [0, 0.05) is 4.90 Å². The minimum absolute atomic E-state index is 0.211. The maximum atomic E-state index is 5.96. The molecule has 0 heterocycles. The monoisotopic (exact) mass is 406 g/mol. The highest BCUT2D eigenvalue weighted by atomic mass is 32.1. The van der Waals surface area contributed by atoms with Gasteiger partial charge in [-0.15, -0.1) is 12.6 Å². The standard InChI is InChI=1S/C26H30O2S/c1-25(2,3)27-20-11-7-18(8-12-20)23-16-15-22(29)17-24(23)19-9-13-21(14-10-19)28-26(4,5)6/h7-17,29H,1-6H3. The molecule has 0 unspecified atom stereocenters. The number of thiol groups is 1. The molecule has 0 aliphatic carbocycles. The summed E-state index contributed by atoms with van der Waals surface area (Å²) in [6, 6.07) is 22.8. The summed E-state index contributed by atoms with van der Waals surface area (Å²) < 4.78 is 11.9. The van der Waals surface area contributed by atoms with Gasteiger partial charge in [-0.2, -0.15) is 0 Å². The second kappa shape index (κ2) is 8.16. The van der Waals surface area contributed by atoms with Crippen molar-refractivity contribution in [1.82, 2.24) is 0 Å². The van der Waals surface area contributed by atoms with Gasteiger partial charge in [0.25, 0.3) is 0 Å². The van der Waals surface area contributed by atoms with E-state index in [1.54, 1.807) is 0 Å². The fourth-order valence-electron chi connectivity index (χ4n) is 3.13. The van der Waals surface area contributed by atoms with Gasteiger partial charge < -0.3 is 9.47 Å². The van der Waals surface area contributed by atoms with Gasteiger partial charge in [0.05, 0.1) is 0 Å². The molecular formula is C26H30O2S. The molecule has 0 atom stereocenters. The van der Waals surface area contributed by atoms with Crippen LogP contribution in [0.25, 0.3) is 22.3 Å². The summed E-state index contributed by atoms with van der Waals surface area (Å²) in [6.07, 6.45) is 0. The molecule has 2 nitrogen and oxygen atoms in total. The smallest absolute Gasteiger partial charge is 0.120 e. The molecule has 0 bridgehead atoms. The minimum atomic E-state index is -0.214. The van der Waals surface area contributed by atoms with E-state index in [1.165, 1.54) is 0 Å². The van der Waals surface area contributed by atoms with Crippen LogP contribution in [0.4, 0.5) is 0 Å². The highest BCUT2D eigenvalue weighted by Crippen LogP contribution is 2.36. The summed E-state index contributed by atoms with van der Waals surface area (Å²) >= 11 is 4.56. The maximum Gasteiger partial charge on any atom is 0.120 e. The Hall–Kier alpha value is -2.39. The Labute approximate surface area is 180 Å². The molecule has 0 saturated carbocycles. The Morgan fingerprint density at radius 1 is 0.552 bits per heavy atom. The lowest BCUT2D eigenvalue weighted by molar-refractivity contribution is 0.130. The maximum absolute atomic E-state index is 5.96. The van der Waals surface area contributed by atoms with Crippen LogP contribution in [0.2, 0.25) is 0 Å². The third-order valence-corrected chi connectivity index (χ3v) is 4.46. The number of benzene rings is 3. The van der Waals surface area contributed by atoms with Crippen molar-refractivity contribution in [3.63, 3.8) is 0 Å². The summed E-state index contributed by atoms with van der Waals surface area (Å²) in [5.74, 6) is 1.74. The van der Waals surface area contributed by atoms with Crippen LogP contribution in [-0.4, -0.2) is 11.2 Å². The average molecular weight is 407 g/mol. The first-order chi connectivity index (χ1) is 13.5. The molecular weight excluding hydrogens is 376 g/mol. The van der Waals surface area contributed by atoms with Gasteiger partial charge in [-0.05, 0) is 100 Å². The highest BCUT2D eigenvalue weighted by molar-refractivity contribution is 7.80. The zero-order chi connectivity index (χ0) is 21.2. The van der Waals surface area contributed by atoms with Crippen LogP contribution in [0.5, 0.6) is 11.5 Å². The molecule has 0 aromatic heterocycles. The Bertz CT molecular complexity index is 960. The molecule has 0 N–H and O–H groups in total. The first kappa shape index (κ1) is 21.3. The van der Waals surface area contributed by atoms with Crippen LogP contribution in [0.1, 0.15) is 41.5 Å². The Morgan fingerprint density at radius 3 is 1.38 bits per heavy atom. The van der Waals surface area contributed by atoms with Crippen molar-refractivity contribution in [1.29, 1.82) is 0 Å². The minimum Gasteiger partial charge on any atom is -0.488 e. The van der Waals surface area contributed by atoms with Crippen LogP contribution in [0.15, 0.2) is 71.6 Å². The molecule has 0 amide bonds. The van der Waals surface area contributed by atoms with Gasteiger partial charge in [0.1, 0.15) is 22.7 Å². The van der Waals surface area contributed by atoms with E-state index in [4.69, 9.17) is 9.47 Å². The van der Waals surface area contributed by atoms with Crippen molar-refractivity contribution in [2.24, 2.45) is 0 Å². The second-order valence-corrected chi connectivity index (χ2v) is 9.72. The molecule has 0 fully saturated rings. The van der Waals surface area contributed by atoms with Gasteiger partial charge in [-0.25, -0.2) is 0 Å². The van der Waals surface area contributed by atoms with Gasteiger partial charge in [-0.1, -0.05) is 30.3 Å². The molecule has 0 spiro atoms. The lowest BCUT2D eigenvalue weighted by Gasteiger charge is -2.22. The Kier molecular flexibility index (Phi) is 6.00. The molecule has 0 aliphatic heterocycles. The van der Waals surface area contributed by atoms with Crippen molar-refractivity contribution in [2.75, 3.05) is 0 Å². The molecule has 3 aromatic carbocycles. The number of rotatable bonds is 4. The van der Waals surface area contributed by atoms with Gasteiger partial charge >= 0.3 is 0 Å². The van der Waals surface area contributed by atoms with E-state index < -0.39 is 0 Å². The predicted octanol–water partition coefficient (Wildman–Crippen LogP) is 7.66. The van der Waals surface area contributed by atoms with Crippen LogP contribution in [0.3, 0.4) is 0 Å². The number of ether oxygens (including phenoxy) is 2. The number of hydrogen-bond donors (Lipinski definition) is 1. The van der Waals surface area contributed by atoms with Gasteiger partial charge in [0.2, 0.25) is 0 Å². The van der Waals surface area contributed by atoms with Crippen LogP contribution < -0.4 is 9.47 Å². The molecule has 0 saturated heterocycles. The van der Waals surface area contributed by atoms with Crippen LogP contribution in [0, 0.1) is 0 Å². The van der Waals surface area contributed by atoms with E-state index in [-0.39, 0.29) is 11.2 Å². The van der Waals surface area contributed by atoms with E-state index in [1.807, 2.05) is 30.3 Å². The third kappa shape index (κ3) is 6.04. The first-order valence-electron chi connectivity index (χ1n) is 9.92. The zero-order valence-electron chi connectivity index (χ0n) is 18.1. The van der Waals surface area contributed by atoms with Crippen molar-refractivity contribution in [2.45, 2.75) is 57.6 Å². The largest absolute Gasteiger partial charge is 0.488 e. The summed E-state index contributed by atoms with van der Waals surface area (Å²) in [4.78, 5) is 0.937. The summed E-state index contributed by atoms with van der Waals surface area (Å²) in [5, 5.41) is 0. The Balaban J connectivity index is 1.94. The fourth-order valence-corrected chi connectivity index (χ4v) is 3.34. The molecule has 3 heteroatoms. The number of hydrogen-bond acceptors (Lipinski definition) is 3. The average Bonchev–Trinajstić information content (AvgIpc) is 2.60. The lowest BCUT2D eigenvalue weighted by atomic mass is 9.94. The quantitative estimate of drug-likeness (QED) is 0.448. The van der Waals surface area contributed by atoms with Crippen molar-refractivity contribution >= 4 is 12.6 Å². The normalized spacial score (nSPS) is 12.0. The van der Waals surface area contributed by atoms with E-state index >= 15 is 0 Å². The fraction of sp³-hybridized carbons (Fsp3) is 0.308. The topological polar surface area (TPSA) is 18.5 Å². The summed E-state index contributed by atoms with van der Waals surface area (Å²) in [5.41, 5.74) is 4.15. The van der Waals surface area contributed by atoms with Gasteiger partial charge in [0.15, 0.2) is 0 Å². The summed E-state index contributed by atoms with van der Waals surface area (Å²) in [6.45, 7) is 12.3. The molecule has 3 aromatic rings. The van der Waals surface area contributed by atoms with Crippen molar-refractivity contribution in [3.05, 3.63) is 66.7 Å². The predicted molar refractivity (Wildman–Crippen MR) is 125 cm³/mol. The molecule has 0 radical (unpaired) electrons. The van der Waals surface area contributed by atoms with Crippen molar-refractivity contribution < 1.29 is 9.47 Å². The van der Waals surface area contributed by atoms with Gasteiger partial charge in [-0.3, -0.25) is 0 Å².